The summed E-state index contributed by atoms with van der Waals surface area (Å²) in [6.07, 6.45) is -0.318. The summed E-state index contributed by atoms with van der Waals surface area (Å²) < 4.78 is 0. The van der Waals surface area contributed by atoms with Gasteiger partial charge in [0.1, 0.15) is 11.6 Å². The molecule has 4 amide bonds. The Hall–Kier alpha value is -2.16. The van der Waals surface area contributed by atoms with Crippen molar-refractivity contribution in [2.24, 2.45) is 0 Å². The number of carbonyl (C=O) groups excluding carboxylic acids is 3. The molecule has 1 fully saturated rings. The molecule has 0 aromatic carbocycles. The molecular formula is C12H19N3O6. The predicted molar refractivity (Wildman–Crippen MR) is 70.2 cm³/mol. The number of urea groups is 1. The van der Waals surface area contributed by atoms with Gasteiger partial charge in [0, 0.05) is 26.0 Å². The Bertz CT molecular complexity index is 462. The predicted octanol–water partition coefficient (Wildman–Crippen LogP) is -1.34. The fourth-order valence-electron chi connectivity index (χ4n) is 1.89. The summed E-state index contributed by atoms with van der Waals surface area (Å²) in [5.41, 5.74) is -1.01. The summed E-state index contributed by atoms with van der Waals surface area (Å²) in [4.78, 5) is 46.8. The highest BCUT2D eigenvalue weighted by atomic mass is 16.4. The van der Waals surface area contributed by atoms with Crippen LogP contribution < -0.4 is 10.6 Å². The highest BCUT2D eigenvalue weighted by molar-refractivity contribution is 6.06. The molecular weight excluding hydrogens is 282 g/mol. The summed E-state index contributed by atoms with van der Waals surface area (Å²) in [6.45, 7) is 2.59. The molecule has 0 radical (unpaired) electrons. The number of aliphatic carboxylic acids is 1. The Morgan fingerprint density at radius 1 is 1.38 bits per heavy atom. The lowest BCUT2D eigenvalue weighted by molar-refractivity contribution is -0.142. The lowest BCUT2D eigenvalue weighted by atomic mass is 10.1. The molecule has 9 heteroatoms. The molecule has 0 bridgehead atoms. The highest BCUT2D eigenvalue weighted by Gasteiger charge is 2.44. The first-order valence-corrected chi connectivity index (χ1v) is 6.46. The first kappa shape index (κ1) is 16.9. The van der Waals surface area contributed by atoms with Crippen LogP contribution in [-0.2, 0) is 14.4 Å². The zero-order valence-electron chi connectivity index (χ0n) is 11.9. The third kappa shape index (κ3) is 4.15. The number of amides is 4. The van der Waals surface area contributed by atoms with Crippen molar-refractivity contribution in [1.82, 2.24) is 15.5 Å². The number of rotatable bonds is 7. The molecule has 0 aliphatic carbocycles. The van der Waals surface area contributed by atoms with Gasteiger partial charge in [0.2, 0.25) is 5.91 Å². The van der Waals surface area contributed by atoms with E-state index in [0.29, 0.717) is 0 Å². The van der Waals surface area contributed by atoms with Gasteiger partial charge in [0.25, 0.3) is 5.91 Å². The number of hydrogen-bond donors (Lipinski definition) is 4. The Balaban J connectivity index is 2.52. The zero-order valence-corrected chi connectivity index (χ0v) is 11.9. The topological polar surface area (TPSA) is 136 Å². The van der Waals surface area contributed by atoms with Crippen molar-refractivity contribution >= 4 is 23.8 Å². The van der Waals surface area contributed by atoms with E-state index in [1.54, 1.807) is 13.8 Å². The summed E-state index contributed by atoms with van der Waals surface area (Å²) in [6, 6.07) is -1.77. The number of nitrogens with zero attached hydrogens (tertiary/aromatic N) is 1. The van der Waals surface area contributed by atoms with Crippen LogP contribution in [0.25, 0.3) is 0 Å². The number of nitrogens with one attached hydrogen (secondary N) is 2. The van der Waals surface area contributed by atoms with Crippen molar-refractivity contribution in [3.05, 3.63) is 0 Å². The number of hydrogen-bond acceptors (Lipinski definition) is 5. The van der Waals surface area contributed by atoms with E-state index in [1.165, 1.54) is 0 Å². The van der Waals surface area contributed by atoms with E-state index < -0.39 is 35.4 Å². The average Bonchev–Trinajstić information content (AvgIpc) is 2.56. The van der Waals surface area contributed by atoms with E-state index >= 15 is 0 Å². The quantitative estimate of drug-likeness (QED) is 0.430. The van der Waals surface area contributed by atoms with E-state index in [2.05, 4.69) is 10.6 Å². The molecule has 0 spiro atoms. The van der Waals surface area contributed by atoms with Gasteiger partial charge in [-0.15, -0.1) is 0 Å². The normalized spacial score (nSPS) is 18.3. The minimum absolute atomic E-state index is 0.114. The number of imide groups is 1. The third-order valence-corrected chi connectivity index (χ3v) is 3.06. The molecule has 1 rings (SSSR count). The van der Waals surface area contributed by atoms with Crippen molar-refractivity contribution in [2.75, 3.05) is 13.2 Å². The van der Waals surface area contributed by atoms with E-state index in [4.69, 9.17) is 10.2 Å². The second-order valence-corrected chi connectivity index (χ2v) is 5.23. The third-order valence-electron chi connectivity index (χ3n) is 3.06. The van der Waals surface area contributed by atoms with Crippen LogP contribution in [0.3, 0.4) is 0 Å². The lowest BCUT2D eigenvalue weighted by Crippen LogP contribution is -2.43. The molecule has 4 N–H and O–H groups in total. The number of carbonyl (C=O) groups is 4. The maximum Gasteiger partial charge on any atom is 0.326 e. The van der Waals surface area contributed by atoms with Crippen LogP contribution in [0.5, 0.6) is 0 Å². The first-order valence-electron chi connectivity index (χ1n) is 6.46. The minimum Gasteiger partial charge on any atom is -0.480 e. The number of carboxylic acids is 1. The van der Waals surface area contributed by atoms with Crippen molar-refractivity contribution in [2.45, 2.75) is 38.3 Å². The van der Waals surface area contributed by atoms with Gasteiger partial charge in [0.05, 0.1) is 0 Å². The number of aliphatic hydroxyl groups excluding tert-OH is 1. The lowest BCUT2D eigenvalue weighted by Gasteiger charge is -2.17. The van der Waals surface area contributed by atoms with Crippen molar-refractivity contribution < 1.29 is 29.4 Å². The molecule has 1 atom stereocenters. The van der Waals surface area contributed by atoms with Gasteiger partial charge >= 0.3 is 12.0 Å². The maximum atomic E-state index is 11.9. The zero-order chi connectivity index (χ0) is 16.2. The minimum atomic E-state index is -1.26. The molecule has 21 heavy (non-hydrogen) atoms. The Morgan fingerprint density at radius 2 is 2.00 bits per heavy atom. The number of aliphatic hydroxyl groups is 1. The van der Waals surface area contributed by atoms with Crippen LogP contribution >= 0.6 is 0 Å². The van der Waals surface area contributed by atoms with Gasteiger partial charge in [-0.05, 0) is 13.8 Å². The van der Waals surface area contributed by atoms with Crippen LogP contribution in [0.4, 0.5) is 4.79 Å². The number of carboxylic acid groups (broad SMARTS) is 1. The summed E-state index contributed by atoms with van der Waals surface area (Å²) in [7, 11) is 0. The Kier molecular flexibility index (Phi) is 5.25. The van der Waals surface area contributed by atoms with E-state index in [0.717, 1.165) is 4.90 Å². The average molecular weight is 301 g/mol. The maximum absolute atomic E-state index is 11.9. The van der Waals surface area contributed by atoms with Gasteiger partial charge in [-0.3, -0.25) is 14.5 Å². The second kappa shape index (κ2) is 6.53. The fraction of sp³-hybridized carbons (Fsp3) is 0.667. The molecule has 1 aliphatic heterocycles. The van der Waals surface area contributed by atoms with Crippen LogP contribution in [0, 0.1) is 0 Å². The SMILES string of the molecule is CC1(C)NC(=O)N(CCC(=O)N[C@@H](CCO)C(=O)O)C1=O. The fourth-order valence-corrected chi connectivity index (χ4v) is 1.89. The molecule has 118 valence electrons. The largest absolute Gasteiger partial charge is 0.480 e. The van der Waals surface area contributed by atoms with Crippen molar-refractivity contribution in [3.63, 3.8) is 0 Å². The Morgan fingerprint density at radius 3 is 2.43 bits per heavy atom. The van der Waals surface area contributed by atoms with Gasteiger partial charge in [-0.25, -0.2) is 9.59 Å². The molecule has 9 nitrogen and oxygen atoms in total. The van der Waals surface area contributed by atoms with Gasteiger partial charge in [-0.2, -0.15) is 0 Å². The summed E-state index contributed by atoms with van der Waals surface area (Å²) in [5.74, 6) is -2.31. The van der Waals surface area contributed by atoms with E-state index in [9.17, 15) is 19.2 Å². The smallest absolute Gasteiger partial charge is 0.326 e. The molecule has 0 saturated carbocycles. The van der Waals surface area contributed by atoms with Crippen LogP contribution in [0.1, 0.15) is 26.7 Å². The van der Waals surface area contributed by atoms with Crippen LogP contribution in [0.2, 0.25) is 0 Å². The Labute approximate surface area is 121 Å². The van der Waals surface area contributed by atoms with Gasteiger partial charge in [-0.1, -0.05) is 0 Å². The van der Waals surface area contributed by atoms with Crippen LogP contribution in [-0.4, -0.2) is 63.7 Å². The molecule has 0 aromatic heterocycles. The standard InChI is InChI=1S/C12H19N3O6/c1-12(2)10(20)15(11(21)14-12)5-3-8(17)13-7(4-6-16)9(18)19/h7,16H,3-6H2,1-2H3,(H,13,17)(H,14,21)(H,18,19)/t7-/m0/s1. The summed E-state index contributed by atoms with van der Waals surface area (Å²) >= 11 is 0. The first-order chi connectivity index (χ1) is 9.69. The van der Waals surface area contributed by atoms with E-state index in [1.807, 2.05) is 0 Å². The molecule has 0 aromatic rings. The molecule has 1 heterocycles. The molecule has 0 unspecified atom stereocenters. The molecule has 1 saturated heterocycles. The monoisotopic (exact) mass is 301 g/mol. The molecule has 1 aliphatic rings. The van der Waals surface area contributed by atoms with Crippen molar-refractivity contribution in [3.8, 4) is 0 Å². The second-order valence-electron chi connectivity index (χ2n) is 5.23. The van der Waals surface area contributed by atoms with E-state index in [-0.39, 0.29) is 26.0 Å². The van der Waals surface area contributed by atoms with Crippen molar-refractivity contribution in [1.29, 1.82) is 0 Å². The van der Waals surface area contributed by atoms with Gasteiger partial charge in [0.15, 0.2) is 0 Å². The van der Waals surface area contributed by atoms with Gasteiger partial charge < -0.3 is 20.8 Å². The summed E-state index contributed by atoms with van der Waals surface area (Å²) in [5, 5.41) is 22.2. The highest BCUT2D eigenvalue weighted by Crippen LogP contribution is 2.16. The van der Waals surface area contributed by atoms with Crippen LogP contribution in [0.15, 0.2) is 0 Å².